The average Bonchev–Trinajstić information content (AvgIpc) is 3.11. The lowest BCUT2D eigenvalue weighted by atomic mass is 9.91. The molecular formula is C25H26N6O8. The molecule has 0 aliphatic carbocycles. The van der Waals surface area contributed by atoms with E-state index in [4.69, 9.17) is 21.1 Å². The van der Waals surface area contributed by atoms with Gasteiger partial charge in [0.2, 0.25) is 18.0 Å². The van der Waals surface area contributed by atoms with Crippen LogP contribution in [0, 0.1) is 5.53 Å². The number of carbonyl (C=O) groups excluding carboxylic acids is 5. The van der Waals surface area contributed by atoms with Gasteiger partial charge in [0, 0.05) is 6.92 Å². The Hall–Kier alpha value is -4.98. The second kappa shape index (κ2) is 11.6. The Labute approximate surface area is 222 Å². The van der Waals surface area contributed by atoms with Crippen LogP contribution in [0.5, 0.6) is 5.75 Å². The molecule has 0 unspecified atom stereocenters. The molecule has 3 rings (SSSR count). The molecule has 0 spiro atoms. The van der Waals surface area contributed by atoms with Gasteiger partial charge in [-0.05, 0) is 30.2 Å². The van der Waals surface area contributed by atoms with Crippen molar-refractivity contribution in [3.05, 3.63) is 65.7 Å². The minimum Gasteiger partial charge on any atom is -0.481 e. The zero-order valence-electron chi connectivity index (χ0n) is 21.0. The normalized spacial score (nSPS) is 18.1. The highest BCUT2D eigenvalue weighted by atomic mass is 16.5. The Morgan fingerprint density at radius 2 is 1.74 bits per heavy atom. The summed E-state index contributed by atoms with van der Waals surface area (Å²) >= 11 is 0. The van der Waals surface area contributed by atoms with E-state index in [0.29, 0.717) is 16.0 Å². The molecule has 1 aliphatic rings. The van der Waals surface area contributed by atoms with Gasteiger partial charge >= 0.3 is 18.0 Å². The molecule has 5 amide bonds. The molecule has 1 saturated heterocycles. The summed E-state index contributed by atoms with van der Waals surface area (Å²) in [6.45, 7) is 2.36. The molecular weight excluding hydrogens is 512 g/mol. The number of urea groups is 1. The summed E-state index contributed by atoms with van der Waals surface area (Å²) in [6.07, 6.45) is -3.14. The SMILES string of the molecule is CC(=O)N(C(=O)[C@@H](N)CC(=O)O)[C@H](C(=O)Oc1ccccc1)N1C(=O)N[C@](C)(c2ccc(CN=N)cc2)C1=O. The first-order chi connectivity index (χ1) is 18.4. The smallest absolute Gasteiger partial charge is 0.356 e. The average molecular weight is 539 g/mol. The predicted octanol–water partition coefficient (Wildman–Crippen LogP) is 1.09. The van der Waals surface area contributed by atoms with Gasteiger partial charge in [0.15, 0.2) is 0 Å². The van der Waals surface area contributed by atoms with Crippen LogP contribution in [0.25, 0.3) is 0 Å². The zero-order valence-corrected chi connectivity index (χ0v) is 21.0. The van der Waals surface area contributed by atoms with Crippen molar-refractivity contribution < 1.29 is 38.6 Å². The third-order valence-corrected chi connectivity index (χ3v) is 5.97. The lowest BCUT2D eigenvalue weighted by molar-refractivity contribution is -0.165. The number of para-hydroxylation sites is 1. The fraction of sp³-hybridized carbons (Fsp3) is 0.280. The number of nitrogens with two attached hydrogens (primary N) is 1. The van der Waals surface area contributed by atoms with Gasteiger partial charge in [-0.1, -0.05) is 42.5 Å². The Balaban J connectivity index is 2.08. The second-order valence-corrected chi connectivity index (χ2v) is 8.78. The number of esters is 1. The van der Waals surface area contributed by atoms with Gasteiger partial charge in [0.25, 0.3) is 5.91 Å². The Bertz CT molecular complexity index is 1320. The number of ether oxygens (including phenoxy) is 1. The third-order valence-electron chi connectivity index (χ3n) is 5.97. The second-order valence-electron chi connectivity index (χ2n) is 8.78. The van der Waals surface area contributed by atoms with E-state index >= 15 is 0 Å². The summed E-state index contributed by atoms with van der Waals surface area (Å²) in [7, 11) is 0. The number of rotatable bonds is 10. The number of nitrogens with zero attached hydrogens (tertiary/aromatic N) is 3. The predicted molar refractivity (Wildman–Crippen MR) is 132 cm³/mol. The van der Waals surface area contributed by atoms with Crippen molar-refractivity contribution in [2.75, 3.05) is 0 Å². The highest BCUT2D eigenvalue weighted by molar-refractivity contribution is 6.12. The molecule has 2 aromatic carbocycles. The Morgan fingerprint density at radius 1 is 1.13 bits per heavy atom. The molecule has 204 valence electrons. The first kappa shape index (κ1) is 28.6. The molecule has 0 aromatic heterocycles. The number of carbonyl (C=O) groups is 6. The molecule has 1 heterocycles. The first-order valence-corrected chi connectivity index (χ1v) is 11.6. The van der Waals surface area contributed by atoms with Crippen LogP contribution >= 0.6 is 0 Å². The van der Waals surface area contributed by atoms with Crippen LogP contribution in [0.1, 0.15) is 31.4 Å². The maximum atomic E-state index is 13.8. The maximum absolute atomic E-state index is 13.8. The van der Waals surface area contributed by atoms with Crippen molar-refractivity contribution in [1.29, 1.82) is 5.53 Å². The molecule has 2 aromatic rings. The Morgan fingerprint density at radius 3 is 2.28 bits per heavy atom. The number of imide groups is 2. The molecule has 14 heteroatoms. The van der Waals surface area contributed by atoms with E-state index in [1.165, 1.54) is 43.3 Å². The highest BCUT2D eigenvalue weighted by Crippen LogP contribution is 2.32. The van der Waals surface area contributed by atoms with Crippen molar-refractivity contribution in [3.63, 3.8) is 0 Å². The molecule has 3 atom stereocenters. The topological polar surface area (TPSA) is 213 Å². The largest absolute Gasteiger partial charge is 0.481 e. The Kier molecular flexibility index (Phi) is 8.50. The van der Waals surface area contributed by atoms with Gasteiger partial charge in [-0.3, -0.25) is 19.2 Å². The number of nitrogens with one attached hydrogen (secondary N) is 2. The summed E-state index contributed by atoms with van der Waals surface area (Å²) in [6, 6.07) is 10.8. The number of hydrogen-bond donors (Lipinski definition) is 4. The van der Waals surface area contributed by atoms with E-state index in [-0.39, 0.29) is 17.2 Å². The van der Waals surface area contributed by atoms with E-state index in [9.17, 15) is 28.8 Å². The lowest BCUT2D eigenvalue weighted by Crippen LogP contribution is -2.63. The highest BCUT2D eigenvalue weighted by Gasteiger charge is 2.56. The fourth-order valence-corrected chi connectivity index (χ4v) is 4.00. The van der Waals surface area contributed by atoms with Gasteiger partial charge < -0.3 is 20.9 Å². The molecule has 14 nitrogen and oxygen atoms in total. The number of amides is 5. The minimum atomic E-state index is -2.24. The van der Waals surface area contributed by atoms with Gasteiger partial charge in [-0.15, -0.1) is 0 Å². The lowest BCUT2D eigenvalue weighted by Gasteiger charge is -2.33. The van der Waals surface area contributed by atoms with E-state index < -0.39 is 59.9 Å². The molecule has 0 bridgehead atoms. The summed E-state index contributed by atoms with van der Waals surface area (Å²) in [5, 5.41) is 14.8. The van der Waals surface area contributed by atoms with Crippen LogP contribution in [-0.4, -0.2) is 62.8 Å². The van der Waals surface area contributed by atoms with Gasteiger partial charge in [-0.25, -0.2) is 24.9 Å². The van der Waals surface area contributed by atoms with Gasteiger partial charge in [0.05, 0.1) is 19.0 Å². The van der Waals surface area contributed by atoms with Crippen molar-refractivity contribution in [3.8, 4) is 5.75 Å². The van der Waals surface area contributed by atoms with E-state index in [1.54, 1.807) is 18.2 Å². The monoisotopic (exact) mass is 538 g/mol. The first-order valence-electron chi connectivity index (χ1n) is 11.6. The van der Waals surface area contributed by atoms with Crippen molar-refractivity contribution in [2.24, 2.45) is 10.8 Å². The number of carboxylic acid groups (broad SMARTS) is 1. The van der Waals surface area contributed by atoms with E-state index in [1.807, 2.05) is 0 Å². The third kappa shape index (κ3) is 5.96. The fourth-order valence-electron chi connectivity index (χ4n) is 4.00. The van der Waals surface area contributed by atoms with Gasteiger partial charge in [-0.2, -0.15) is 5.11 Å². The molecule has 0 radical (unpaired) electrons. The summed E-state index contributed by atoms with van der Waals surface area (Å²) in [4.78, 5) is 78.0. The molecule has 0 saturated carbocycles. The standard InChI is InChI=1S/C25H26N6O8/c1-14(32)30(21(35)18(26)12-19(33)34)20(22(36)39-17-6-4-3-5-7-17)31-23(37)25(2,29-24(31)38)16-10-8-15(9-11-16)13-28-27/h3-11,18,20,27H,12-13,26H2,1-2H3,(H,29,38)(H,33,34)/t18-,20-,25+/m0/s1. The van der Waals surface area contributed by atoms with Crippen LogP contribution < -0.4 is 15.8 Å². The van der Waals surface area contributed by atoms with Crippen LogP contribution in [0.15, 0.2) is 59.7 Å². The quantitative estimate of drug-likeness (QED) is 0.147. The molecule has 1 fully saturated rings. The van der Waals surface area contributed by atoms with Gasteiger partial charge in [0.1, 0.15) is 11.3 Å². The molecule has 1 aliphatic heterocycles. The maximum Gasteiger partial charge on any atom is 0.356 e. The van der Waals surface area contributed by atoms with Crippen LogP contribution in [0.2, 0.25) is 0 Å². The minimum absolute atomic E-state index is 0.0107. The van der Waals surface area contributed by atoms with Crippen molar-refractivity contribution >= 4 is 35.7 Å². The van der Waals surface area contributed by atoms with E-state index in [2.05, 4.69) is 10.4 Å². The van der Waals surface area contributed by atoms with Crippen LogP contribution in [0.3, 0.4) is 0 Å². The summed E-state index contributed by atoms with van der Waals surface area (Å²) in [5.41, 5.74) is 11.9. The summed E-state index contributed by atoms with van der Waals surface area (Å²) < 4.78 is 5.30. The van der Waals surface area contributed by atoms with Crippen molar-refractivity contribution in [2.45, 2.75) is 44.6 Å². The molecule has 39 heavy (non-hydrogen) atoms. The van der Waals surface area contributed by atoms with Crippen LogP contribution in [0.4, 0.5) is 4.79 Å². The summed E-state index contributed by atoms with van der Waals surface area (Å²) in [5.74, 6) is -6.19. The van der Waals surface area contributed by atoms with Crippen molar-refractivity contribution in [1.82, 2.24) is 15.1 Å². The van der Waals surface area contributed by atoms with E-state index in [0.717, 1.165) is 6.92 Å². The number of aliphatic carboxylic acids is 1. The number of carboxylic acids is 1. The zero-order chi connectivity index (χ0) is 28.9. The molecule has 5 N–H and O–H groups in total. The van der Waals surface area contributed by atoms with Crippen LogP contribution in [-0.2, 0) is 36.1 Å². The number of benzene rings is 2. The number of hydrogen-bond acceptors (Lipinski definition) is 10.